The van der Waals surface area contributed by atoms with Crippen molar-refractivity contribution in [3.8, 4) is 11.4 Å². The molecular formula is C20H16ClN3. The van der Waals surface area contributed by atoms with Crippen LogP contribution < -0.4 is 5.32 Å². The number of hydrogen-bond donors (Lipinski definition) is 2. The molecule has 2 N–H and O–H groups in total. The van der Waals surface area contributed by atoms with Crippen molar-refractivity contribution in [2.75, 3.05) is 5.32 Å². The summed E-state index contributed by atoms with van der Waals surface area (Å²) in [4.78, 5) is 7.97. The Morgan fingerprint density at radius 2 is 1.75 bits per heavy atom. The number of aromatic nitrogens is 2. The lowest BCUT2D eigenvalue weighted by atomic mass is 10.2. The molecule has 0 amide bonds. The summed E-state index contributed by atoms with van der Waals surface area (Å²) in [7, 11) is 0. The van der Waals surface area contributed by atoms with Gasteiger partial charge in [-0.2, -0.15) is 0 Å². The van der Waals surface area contributed by atoms with Gasteiger partial charge in [0.05, 0.1) is 11.0 Å². The van der Waals surface area contributed by atoms with Crippen molar-refractivity contribution in [3.05, 3.63) is 83.4 Å². The molecule has 0 aliphatic heterocycles. The largest absolute Gasteiger partial charge is 0.381 e. The van der Waals surface area contributed by atoms with Crippen LogP contribution in [0.2, 0.25) is 5.02 Å². The van der Waals surface area contributed by atoms with Crippen molar-refractivity contribution in [1.82, 2.24) is 9.97 Å². The van der Waals surface area contributed by atoms with E-state index in [2.05, 4.69) is 45.6 Å². The number of hydrogen-bond acceptors (Lipinski definition) is 2. The Kier molecular flexibility index (Phi) is 3.93. The van der Waals surface area contributed by atoms with E-state index in [1.54, 1.807) is 0 Å². The summed E-state index contributed by atoms with van der Waals surface area (Å²) in [6, 6.07) is 24.2. The summed E-state index contributed by atoms with van der Waals surface area (Å²) in [5, 5.41) is 4.16. The average Bonchev–Trinajstić information content (AvgIpc) is 3.05. The maximum absolute atomic E-state index is 6.01. The van der Waals surface area contributed by atoms with Crippen LogP contribution in [0.25, 0.3) is 22.4 Å². The van der Waals surface area contributed by atoms with Crippen LogP contribution in [0.1, 0.15) is 5.56 Å². The predicted octanol–water partition coefficient (Wildman–Crippen LogP) is 5.50. The smallest absolute Gasteiger partial charge is 0.138 e. The molecule has 4 aromatic rings. The van der Waals surface area contributed by atoms with E-state index in [1.165, 1.54) is 0 Å². The minimum Gasteiger partial charge on any atom is -0.381 e. The second-order valence-corrected chi connectivity index (χ2v) is 6.10. The van der Waals surface area contributed by atoms with E-state index < -0.39 is 0 Å². The molecule has 0 saturated carbocycles. The fourth-order valence-electron chi connectivity index (χ4n) is 2.69. The Balaban J connectivity index is 1.50. The van der Waals surface area contributed by atoms with E-state index in [-0.39, 0.29) is 0 Å². The van der Waals surface area contributed by atoms with Gasteiger partial charge in [-0.25, -0.2) is 4.98 Å². The van der Waals surface area contributed by atoms with Gasteiger partial charge >= 0.3 is 0 Å². The molecule has 1 aromatic heterocycles. The molecule has 3 nitrogen and oxygen atoms in total. The number of anilines is 1. The van der Waals surface area contributed by atoms with Crippen molar-refractivity contribution in [1.29, 1.82) is 0 Å². The normalized spacial score (nSPS) is 10.9. The summed E-state index contributed by atoms with van der Waals surface area (Å²) in [6.07, 6.45) is 0. The van der Waals surface area contributed by atoms with Crippen molar-refractivity contribution in [2.45, 2.75) is 6.54 Å². The number of benzene rings is 3. The average molecular weight is 334 g/mol. The second kappa shape index (κ2) is 6.38. The van der Waals surface area contributed by atoms with Gasteiger partial charge in [-0.1, -0.05) is 35.9 Å². The van der Waals surface area contributed by atoms with Gasteiger partial charge in [0, 0.05) is 22.8 Å². The van der Waals surface area contributed by atoms with E-state index in [1.807, 2.05) is 42.5 Å². The van der Waals surface area contributed by atoms with Gasteiger partial charge in [0.2, 0.25) is 0 Å². The minimum absolute atomic E-state index is 0.741. The zero-order chi connectivity index (χ0) is 16.4. The van der Waals surface area contributed by atoms with Crippen LogP contribution in [-0.2, 0) is 6.54 Å². The zero-order valence-corrected chi connectivity index (χ0v) is 13.7. The number of rotatable bonds is 4. The van der Waals surface area contributed by atoms with Gasteiger partial charge in [0.15, 0.2) is 0 Å². The number of aromatic amines is 1. The molecule has 0 bridgehead atoms. The molecule has 0 aliphatic rings. The fourth-order valence-corrected chi connectivity index (χ4v) is 2.90. The van der Waals surface area contributed by atoms with Gasteiger partial charge in [0.25, 0.3) is 0 Å². The summed E-state index contributed by atoms with van der Waals surface area (Å²) in [5.41, 5.74) is 5.32. The number of fused-ring (bicyclic) bond motifs is 1. The molecule has 4 heteroatoms. The van der Waals surface area contributed by atoms with Crippen LogP contribution in [0.15, 0.2) is 72.8 Å². The fraction of sp³-hybridized carbons (Fsp3) is 0.0500. The lowest BCUT2D eigenvalue weighted by molar-refractivity contribution is 1.15. The van der Waals surface area contributed by atoms with Crippen LogP contribution in [0.5, 0.6) is 0 Å². The lowest BCUT2D eigenvalue weighted by Crippen LogP contribution is -1.99. The van der Waals surface area contributed by atoms with E-state index in [0.717, 1.165) is 45.2 Å². The van der Waals surface area contributed by atoms with E-state index in [0.29, 0.717) is 0 Å². The molecule has 1 heterocycles. The SMILES string of the molecule is Clc1cccc(CNc2ccc(-c3nc4ccccc4[nH]3)cc2)c1. The molecule has 4 rings (SSSR count). The first kappa shape index (κ1) is 14.8. The summed E-state index contributed by atoms with van der Waals surface area (Å²) in [5.74, 6) is 0.887. The van der Waals surface area contributed by atoms with Gasteiger partial charge in [-0.05, 0) is 54.1 Å². The topological polar surface area (TPSA) is 40.7 Å². The molecule has 0 radical (unpaired) electrons. The molecule has 118 valence electrons. The van der Waals surface area contributed by atoms with E-state index in [9.17, 15) is 0 Å². The lowest BCUT2D eigenvalue weighted by Gasteiger charge is -2.07. The molecule has 0 saturated heterocycles. The molecule has 0 atom stereocenters. The standard InChI is InChI=1S/C20H16ClN3/c21-16-5-3-4-14(12-16)13-22-17-10-8-15(9-11-17)20-23-18-6-1-2-7-19(18)24-20/h1-12,22H,13H2,(H,23,24). The second-order valence-electron chi connectivity index (χ2n) is 5.66. The van der Waals surface area contributed by atoms with Crippen molar-refractivity contribution in [3.63, 3.8) is 0 Å². The van der Waals surface area contributed by atoms with Crippen LogP contribution in [-0.4, -0.2) is 9.97 Å². The third kappa shape index (κ3) is 3.12. The summed E-state index contributed by atoms with van der Waals surface area (Å²) < 4.78 is 0. The van der Waals surface area contributed by atoms with Crippen LogP contribution in [0.4, 0.5) is 5.69 Å². The predicted molar refractivity (Wildman–Crippen MR) is 100 cm³/mol. The Morgan fingerprint density at radius 3 is 2.54 bits per heavy atom. The maximum Gasteiger partial charge on any atom is 0.138 e. The van der Waals surface area contributed by atoms with E-state index in [4.69, 9.17) is 11.6 Å². The molecule has 0 unspecified atom stereocenters. The Labute approximate surface area is 145 Å². The highest BCUT2D eigenvalue weighted by Gasteiger charge is 2.04. The number of halogens is 1. The monoisotopic (exact) mass is 333 g/mol. The number of imidazole rings is 1. The highest BCUT2D eigenvalue weighted by atomic mass is 35.5. The Hall–Kier alpha value is -2.78. The number of para-hydroxylation sites is 2. The minimum atomic E-state index is 0.741. The van der Waals surface area contributed by atoms with E-state index >= 15 is 0 Å². The zero-order valence-electron chi connectivity index (χ0n) is 13.0. The molecule has 0 spiro atoms. The van der Waals surface area contributed by atoms with Crippen molar-refractivity contribution < 1.29 is 0 Å². The van der Waals surface area contributed by atoms with Crippen LogP contribution in [0, 0.1) is 0 Å². The molecule has 24 heavy (non-hydrogen) atoms. The first-order chi connectivity index (χ1) is 11.8. The summed E-state index contributed by atoms with van der Waals surface area (Å²) in [6.45, 7) is 0.741. The quantitative estimate of drug-likeness (QED) is 0.518. The highest BCUT2D eigenvalue weighted by molar-refractivity contribution is 6.30. The highest BCUT2D eigenvalue weighted by Crippen LogP contribution is 2.22. The molecule has 3 aromatic carbocycles. The summed E-state index contributed by atoms with van der Waals surface area (Å²) >= 11 is 6.01. The Morgan fingerprint density at radius 1 is 0.917 bits per heavy atom. The number of nitrogens with zero attached hydrogens (tertiary/aromatic N) is 1. The maximum atomic E-state index is 6.01. The van der Waals surface area contributed by atoms with Gasteiger partial charge in [0.1, 0.15) is 5.82 Å². The van der Waals surface area contributed by atoms with Crippen LogP contribution >= 0.6 is 11.6 Å². The molecule has 0 fully saturated rings. The number of H-pyrrole nitrogens is 1. The molecular weight excluding hydrogens is 318 g/mol. The van der Waals surface area contributed by atoms with Crippen molar-refractivity contribution in [2.24, 2.45) is 0 Å². The first-order valence-electron chi connectivity index (χ1n) is 7.81. The third-order valence-corrected chi connectivity index (χ3v) is 4.17. The number of nitrogens with one attached hydrogen (secondary N) is 2. The first-order valence-corrected chi connectivity index (χ1v) is 8.19. The van der Waals surface area contributed by atoms with Gasteiger partial charge < -0.3 is 10.3 Å². The Bertz CT molecular complexity index is 941. The molecule has 0 aliphatic carbocycles. The van der Waals surface area contributed by atoms with Crippen LogP contribution in [0.3, 0.4) is 0 Å². The van der Waals surface area contributed by atoms with Crippen molar-refractivity contribution >= 4 is 28.3 Å². The van der Waals surface area contributed by atoms with Gasteiger partial charge in [-0.15, -0.1) is 0 Å². The van der Waals surface area contributed by atoms with Gasteiger partial charge in [-0.3, -0.25) is 0 Å². The third-order valence-electron chi connectivity index (χ3n) is 3.93.